The standard InChI is InChI=1S/C16H20ClN3O/c17-10-13-1-2-16(14(9-13)11-18)20-4-3-15(12-20)19-5-7-21-8-6-19/h1-2,9,15H,3-8,10,12H2. The Morgan fingerprint density at radius 3 is 2.81 bits per heavy atom. The number of halogens is 1. The van der Waals surface area contributed by atoms with Gasteiger partial charge in [0.1, 0.15) is 6.07 Å². The molecule has 0 amide bonds. The van der Waals surface area contributed by atoms with Crippen molar-refractivity contribution >= 4 is 17.3 Å². The number of morpholine rings is 1. The first-order valence-electron chi connectivity index (χ1n) is 7.47. The molecule has 2 aliphatic rings. The molecular formula is C16H20ClN3O. The molecule has 0 bridgehead atoms. The number of benzene rings is 1. The highest BCUT2D eigenvalue weighted by molar-refractivity contribution is 6.17. The smallest absolute Gasteiger partial charge is 0.101 e. The summed E-state index contributed by atoms with van der Waals surface area (Å²) in [7, 11) is 0. The van der Waals surface area contributed by atoms with E-state index in [4.69, 9.17) is 16.3 Å². The van der Waals surface area contributed by atoms with E-state index in [1.165, 1.54) is 0 Å². The van der Waals surface area contributed by atoms with Gasteiger partial charge in [-0.15, -0.1) is 11.6 Å². The maximum Gasteiger partial charge on any atom is 0.101 e. The van der Waals surface area contributed by atoms with Crippen LogP contribution in [-0.4, -0.2) is 50.3 Å². The van der Waals surface area contributed by atoms with Crippen molar-refractivity contribution in [1.82, 2.24) is 4.90 Å². The number of rotatable bonds is 3. The molecular weight excluding hydrogens is 286 g/mol. The van der Waals surface area contributed by atoms with Crippen LogP contribution in [0, 0.1) is 11.3 Å². The van der Waals surface area contributed by atoms with E-state index in [1.807, 2.05) is 18.2 Å². The molecule has 0 N–H and O–H groups in total. The van der Waals surface area contributed by atoms with E-state index in [1.54, 1.807) is 0 Å². The van der Waals surface area contributed by atoms with Crippen molar-refractivity contribution in [2.24, 2.45) is 0 Å². The third-order valence-electron chi connectivity index (χ3n) is 4.40. The van der Waals surface area contributed by atoms with E-state index >= 15 is 0 Å². The molecule has 112 valence electrons. The minimum absolute atomic E-state index is 0.450. The third kappa shape index (κ3) is 3.16. The summed E-state index contributed by atoms with van der Waals surface area (Å²) in [6, 6.07) is 8.85. The van der Waals surface area contributed by atoms with Crippen LogP contribution in [0.5, 0.6) is 0 Å². The lowest BCUT2D eigenvalue weighted by Crippen LogP contribution is -2.44. The van der Waals surface area contributed by atoms with Gasteiger partial charge in [0, 0.05) is 38.1 Å². The zero-order valence-electron chi connectivity index (χ0n) is 12.1. The summed E-state index contributed by atoms with van der Waals surface area (Å²) in [5, 5.41) is 9.37. The van der Waals surface area contributed by atoms with E-state index in [0.29, 0.717) is 11.9 Å². The van der Waals surface area contributed by atoms with Crippen molar-refractivity contribution in [3.05, 3.63) is 29.3 Å². The van der Waals surface area contributed by atoms with Crippen molar-refractivity contribution in [3.63, 3.8) is 0 Å². The summed E-state index contributed by atoms with van der Waals surface area (Å²) < 4.78 is 5.42. The predicted octanol–water partition coefficient (Wildman–Crippen LogP) is 2.21. The van der Waals surface area contributed by atoms with Gasteiger partial charge in [0.15, 0.2) is 0 Å². The molecule has 0 radical (unpaired) electrons. The summed E-state index contributed by atoms with van der Waals surface area (Å²) in [5.74, 6) is 0.450. The Morgan fingerprint density at radius 1 is 1.29 bits per heavy atom. The molecule has 0 saturated carbocycles. The highest BCUT2D eigenvalue weighted by Gasteiger charge is 2.29. The molecule has 4 nitrogen and oxygen atoms in total. The Labute approximate surface area is 130 Å². The second kappa shape index (κ2) is 6.65. The number of alkyl halides is 1. The molecule has 0 aromatic heterocycles. The molecule has 0 aliphatic carbocycles. The first-order chi connectivity index (χ1) is 10.3. The Bertz CT molecular complexity index is 537. The van der Waals surface area contributed by atoms with Crippen molar-refractivity contribution in [2.45, 2.75) is 18.3 Å². The lowest BCUT2D eigenvalue weighted by Gasteiger charge is -2.32. The minimum atomic E-state index is 0.450. The molecule has 5 heteroatoms. The van der Waals surface area contributed by atoms with Gasteiger partial charge in [-0.05, 0) is 24.1 Å². The topological polar surface area (TPSA) is 39.5 Å². The molecule has 1 unspecified atom stereocenters. The van der Waals surface area contributed by atoms with Crippen LogP contribution >= 0.6 is 11.6 Å². The third-order valence-corrected chi connectivity index (χ3v) is 4.71. The fourth-order valence-electron chi connectivity index (χ4n) is 3.23. The van der Waals surface area contributed by atoms with Crippen LogP contribution in [0.2, 0.25) is 0 Å². The number of nitriles is 1. The van der Waals surface area contributed by atoms with Crippen LogP contribution < -0.4 is 4.90 Å². The van der Waals surface area contributed by atoms with E-state index in [0.717, 1.165) is 62.6 Å². The Morgan fingerprint density at radius 2 is 2.10 bits per heavy atom. The van der Waals surface area contributed by atoms with Crippen LogP contribution in [0.4, 0.5) is 5.69 Å². The molecule has 1 aromatic carbocycles. The minimum Gasteiger partial charge on any atom is -0.379 e. The maximum atomic E-state index is 9.37. The maximum absolute atomic E-state index is 9.37. The summed E-state index contributed by atoms with van der Waals surface area (Å²) in [4.78, 5) is 4.85. The number of ether oxygens (including phenoxy) is 1. The van der Waals surface area contributed by atoms with Gasteiger partial charge in [-0.25, -0.2) is 0 Å². The SMILES string of the molecule is N#Cc1cc(CCl)ccc1N1CCC(N2CCOCC2)C1. The molecule has 2 saturated heterocycles. The molecule has 1 aromatic rings. The van der Waals surface area contributed by atoms with Crippen LogP contribution in [0.25, 0.3) is 0 Å². The van der Waals surface area contributed by atoms with Gasteiger partial charge >= 0.3 is 0 Å². The van der Waals surface area contributed by atoms with Gasteiger partial charge in [0.25, 0.3) is 0 Å². The average molecular weight is 306 g/mol. The predicted molar refractivity (Wildman–Crippen MR) is 83.7 cm³/mol. The number of nitrogens with zero attached hydrogens (tertiary/aromatic N) is 3. The number of hydrogen-bond acceptors (Lipinski definition) is 4. The zero-order valence-corrected chi connectivity index (χ0v) is 12.9. The first-order valence-corrected chi connectivity index (χ1v) is 8.01. The second-order valence-corrected chi connectivity index (χ2v) is 5.90. The molecule has 1 atom stereocenters. The summed E-state index contributed by atoms with van der Waals surface area (Å²) >= 11 is 5.85. The molecule has 21 heavy (non-hydrogen) atoms. The van der Waals surface area contributed by atoms with Gasteiger partial charge in [0.05, 0.1) is 24.5 Å². The van der Waals surface area contributed by atoms with Gasteiger partial charge in [0.2, 0.25) is 0 Å². The van der Waals surface area contributed by atoms with Crippen LogP contribution in [0.1, 0.15) is 17.5 Å². The highest BCUT2D eigenvalue weighted by atomic mass is 35.5. The van der Waals surface area contributed by atoms with Crippen LogP contribution in [0.15, 0.2) is 18.2 Å². The fourth-order valence-corrected chi connectivity index (χ4v) is 3.40. The monoisotopic (exact) mass is 305 g/mol. The first kappa shape index (κ1) is 14.6. The van der Waals surface area contributed by atoms with Crippen LogP contribution in [0.3, 0.4) is 0 Å². The largest absolute Gasteiger partial charge is 0.379 e. The molecule has 2 heterocycles. The number of hydrogen-bond donors (Lipinski definition) is 0. The molecule has 0 spiro atoms. The Balaban J connectivity index is 1.72. The lowest BCUT2D eigenvalue weighted by molar-refractivity contribution is 0.0209. The zero-order chi connectivity index (χ0) is 14.7. The van der Waals surface area contributed by atoms with Crippen LogP contribution in [-0.2, 0) is 10.6 Å². The van der Waals surface area contributed by atoms with Crippen molar-refractivity contribution < 1.29 is 4.74 Å². The Kier molecular flexibility index (Phi) is 4.64. The lowest BCUT2D eigenvalue weighted by atomic mass is 10.1. The fraction of sp³-hybridized carbons (Fsp3) is 0.562. The second-order valence-electron chi connectivity index (χ2n) is 5.63. The van der Waals surface area contributed by atoms with Gasteiger partial charge < -0.3 is 9.64 Å². The average Bonchev–Trinajstić information content (AvgIpc) is 3.04. The van der Waals surface area contributed by atoms with Gasteiger partial charge in [-0.2, -0.15) is 5.26 Å². The summed E-state index contributed by atoms with van der Waals surface area (Å²) in [6.07, 6.45) is 1.15. The molecule has 3 rings (SSSR count). The van der Waals surface area contributed by atoms with E-state index in [9.17, 15) is 5.26 Å². The number of anilines is 1. The Hall–Kier alpha value is -1.28. The van der Waals surface area contributed by atoms with Gasteiger partial charge in [-0.1, -0.05) is 6.07 Å². The van der Waals surface area contributed by atoms with E-state index in [-0.39, 0.29) is 0 Å². The van der Waals surface area contributed by atoms with Crippen molar-refractivity contribution in [2.75, 3.05) is 44.3 Å². The summed E-state index contributed by atoms with van der Waals surface area (Å²) in [6.45, 7) is 5.73. The highest BCUT2D eigenvalue weighted by Crippen LogP contribution is 2.27. The molecule has 2 fully saturated rings. The van der Waals surface area contributed by atoms with E-state index in [2.05, 4.69) is 15.9 Å². The van der Waals surface area contributed by atoms with E-state index < -0.39 is 0 Å². The normalized spacial score (nSPS) is 23.2. The van der Waals surface area contributed by atoms with Crippen molar-refractivity contribution in [1.29, 1.82) is 5.26 Å². The quantitative estimate of drug-likeness (QED) is 0.803. The molecule has 2 aliphatic heterocycles. The van der Waals surface area contributed by atoms with Gasteiger partial charge in [-0.3, -0.25) is 4.90 Å². The summed E-state index contributed by atoms with van der Waals surface area (Å²) in [5.41, 5.74) is 2.78. The van der Waals surface area contributed by atoms with Crippen molar-refractivity contribution in [3.8, 4) is 6.07 Å².